The molecule has 0 saturated carbocycles. The Morgan fingerprint density at radius 3 is 2.53 bits per heavy atom. The lowest BCUT2D eigenvalue weighted by Crippen LogP contribution is -2.36. The van der Waals surface area contributed by atoms with Crippen molar-refractivity contribution >= 4 is 15.9 Å². The Kier molecular flexibility index (Phi) is 3.94. The standard InChI is InChI=1S/C15H22BrN/c1-12-4-5-14(16)13(10-12)11-17-8-6-15(2,3)7-9-17/h4-5,10H,6-9,11H2,1-3H3. The van der Waals surface area contributed by atoms with Crippen molar-refractivity contribution in [1.29, 1.82) is 0 Å². The van der Waals surface area contributed by atoms with Crippen LogP contribution in [0.15, 0.2) is 22.7 Å². The number of nitrogens with zero attached hydrogens (tertiary/aromatic N) is 1. The van der Waals surface area contributed by atoms with E-state index in [4.69, 9.17) is 0 Å². The molecule has 0 aliphatic carbocycles. The Labute approximate surface area is 113 Å². The number of hydrogen-bond donors (Lipinski definition) is 0. The summed E-state index contributed by atoms with van der Waals surface area (Å²) in [7, 11) is 0. The summed E-state index contributed by atoms with van der Waals surface area (Å²) >= 11 is 3.65. The van der Waals surface area contributed by atoms with Crippen LogP contribution in [0.3, 0.4) is 0 Å². The van der Waals surface area contributed by atoms with Gasteiger partial charge in [0, 0.05) is 11.0 Å². The molecule has 1 nitrogen and oxygen atoms in total. The second-order valence-corrected chi connectivity index (χ2v) is 6.89. The van der Waals surface area contributed by atoms with Gasteiger partial charge in [0.1, 0.15) is 0 Å². The molecule has 1 aliphatic heterocycles. The lowest BCUT2D eigenvalue weighted by atomic mass is 9.82. The van der Waals surface area contributed by atoms with E-state index in [2.05, 4.69) is 59.8 Å². The molecule has 1 aliphatic rings. The maximum absolute atomic E-state index is 3.65. The van der Waals surface area contributed by atoms with Crippen LogP contribution < -0.4 is 0 Å². The molecule has 0 atom stereocenters. The fourth-order valence-electron chi connectivity index (χ4n) is 2.38. The Hall–Kier alpha value is -0.340. The molecule has 0 aromatic heterocycles. The van der Waals surface area contributed by atoms with E-state index in [0.717, 1.165) is 6.54 Å². The maximum atomic E-state index is 3.65. The first-order chi connectivity index (χ1) is 7.96. The largest absolute Gasteiger partial charge is 0.299 e. The minimum absolute atomic E-state index is 0.542. The van der Waals surface area contributed by atoms with E-state index in [-0.39, 0.29) is 0 Å². The summed E-state index contributed by atoms with van der Waals surface area (Å²) in [6.07, 6.45) is 2.63. The molecule has 0 amide bonds. The van der Waals surface area contributed by atoms with Crippen molar-refractivity contribution in [3.8, 4) is 0 Å². The molecule has 1 aromatic carbocycles. The highest BCUT2D eigenvalue weighted by molar-refractivity contribution is 9.10. The Morgan fingerprint density at radius 2 is 1.88 bits per heavy atom. The fraction of sp³-hybridized carbons (Fsp3) is 0.600. The Bertz CT molecular complexity index is 388. The molecular weight excluding hydrogens is 274 g/mol. The van der Waals surface area contributed by atoms with E-state index in [0.29, 0.717) is 5.41 Å². The maximum Gasteiger partial charge on any atom is 0.0245 e. The number of halogens is 1. The van der Waals surface area contributed by atoms with Crippen LogP contribution >= 0.6 is 15.9 Å². The summed E-state index contributed by atoms with van der Waals surface area (Å²) in [5, 5.41) is 0. The molecule has 2 heteroatoms. The van der Waals surface area contributed by atoms with Crippen molar-refractivity contribution in [2.45, 2.75) is 40.2 Å². The van der Waals surface area contributed by atoms with E-state index >= 15 is 0 Å². The first-order valence-corrected chi connectivity index (χ1v) is 7.23. The number of aryl methyl sites for hydroxylation is 1. The quantitative estimate of drug-likeness (QED) is 0.783. The van der Waals surface area contributed by atoms with Crippen molar-refractivity contribution in [2.24, 2.45) is 5.41 Å². The fourth-order valence-corrected chi connectivity index (χ4v) is 2.75. The van der Waals surface area contributed by atoms with Gasteiger partial charge in [-0.3, -0.25) is 4.90 Å². The zero-order valence-corrected chi connectivity index (χ0v) is 12.7. The molecule has 17 heavy (non-hydrogen) atoms. The van der Waals surface area contributed by atoms with Crippen molar-refractivity contribution in [2.75, 3.05) is 13.1 Å². The third kappa shape index (κ3) is 3.56. The normalized spacial score (nSPS) is 20.5. The molecule has 0 radical (unpaired) electrons. The molecule has 1 fully saturated rings. The number of likely N-dealkylation sites (tertiary alicyclic amines) is 1. The molecule has 0 N–H and O–H groups in total. The molecule has 1 heterocycles. The van der Waals surface area contributed by atoms with Crippen LogP contribution in [0, 0.1) is 12.3 Å². The van der Waals surface area contributed by atoms with Gasteiger partial charge in [0.25, 0.3) is 0 Å². The van der Waals surface area contributed by atoms with Crippen LogP contribution in [0.5, 0.6) is 0 Å². The minimum Gasteiger partial charge on any atom is -0.299 e. The van der Waals surface area contributed by atoms with Crippen LogP contribution in [0.25, 0.3) is 0 Å². The second-order valence-electron chi connectivity index (χ2n) is 6.04. The van der Waals surface area contributed by atoms with Crippen molar-refractivity contribution in [3.63, 3.8) is 0 Å². The van der Waals surface area contributed by atoms with Crippen LogP contribution in [0.1, 0.15) is 37.8 Å². The van der Waals surface area contributed by atoms with Gasteiger partial charge in [-0.15, -0.1) is 0 Å². The summed E-state index contributed by atoms with van der Waals surface area (Å²) < 4.78 is 1.24. The van der Waals surface area contributed by atoms with Crippen LogP contribution in [0.2, 0.25) is 0 Å². The van der Waals surface area contributed by atoms with Gasteiger partial charge in [-0.1, -0.05) is 47.5 Å². The molecule has 0 bridgehead atoms. The van der Waals surface area contributed by atoms with E-state index < -0.39 is 0 Å². The molecule has 94 valence electrons. The SMILES string of the molecule is Cc1ccc(Br)c(CN2CCC(C)(C)CC2)c1. The van der Waals surface area contributed by atoms with Gasteiger partial charge < -0.3 is 0 Å². The van der Waals surface area contributed by atoms with Gasteiger partial charge in [0.2, 0.25) is 0 Å². The zero-order valence-electron chi connectivity index (χ0n) is 11.1. The lowest BCUT2D eigenvalue weighted by Gasteiger charge is -2.37. The summed E-state index contributed by atoms with van der Waals surface area (Å²) in [6, 6.07) is 6.62. The Morgan fingerprint density at radius 1 is 1.24 bits per heavy atom. The van der Waals surface area contributed by atoms with Gasteiger partial charge >= 0.3 is 0 Å². The molecule has 1 saturated heterocycles. The smallest absolute Gasteiger partial charge is 0.0245 e. The lowest BCUT2D eigenvalue weighted by molar-refractivity contribution is 0.127. The van der Waals surface area contributed by atoms with Gasteiger partial charge in [-0.2, -0.15) is 0 Å². The van der Waals surface area contributed by atoms with E-state index in [9.17, 15) is 0 Å². The zero-order chi connectivity index (χ0) is 12.5. The van der Waals surface area contributed by atoms with E-state index in [1.165, 1.54) is 41.5 Å². The predicted molar refractivity (Wildman–Crippen MR) is 77.2 cm³/mol. The summed E-state index contributed by atoms with van der Waals surface area (Å²) in [5.41, 5.74) is 3.31. The van der Waals surface area contributed by atoms with Crippen molar-refractivity contribution < 1.29 is 0 Å². The second kappa shape index (κ2) is 5.11. The average Bonchev–Trinajstić information content (AvgIpc) is 2.26. The monoisotopic (exact) mass is 295 g/mol. The van der Waals surface area contributed by atoms with Gasteiger partial charge in [0.15, 0.2) is 0 Å². The number of hydrogen-bond acceptors (Lipinski definition) is 1. The highest BCUT2D eigenvalue weighted by Gasteiger charge is 2.25. The summed E-state index contributed by atoms with van der Waals surface area (Å²) in [6.45, 7) is 10.5. The molecular formula is C15H22BrN. The van der Waals surface area contributed by atoms with Gasteiger partial charge in [-0.05, 0) is 49.9 Å². The first kappa shape index (κ1) is 13.1. The highest BCUT2D eigenvalue weighted by atomic mass is 79.9. The van der Waals surface area contributed by atoms with Crippen LogP contribution in [-0.2, 0) is 6.54 Å². The average molecular weight is 296 g/mol. The summed E-state index contributed by atoms with van der Waals surface area (Å²) in [5.74, 6) is 0. The van der Waals surface area contributed by atoms with E-state index in [1.54, 1.807) is 0 Å². The van der Waals surface area contributed by atoms with Crippen LogP contribution in [0.4, 0.5) is 0 Å². The van der Waals surface area contributed by atoms with Crippen LogP contribution in [-0.4, -0.2) is 18.0 Å². The number of rotatable bonds is 2. The number of piperidine rings is 1. The van der Waals surface area contributed by atoms with Crippen molar-refractivity contribution in [3.05, 3.63) is 33.8 Å². The number of benzene rings is 1. The van der Waals surface area contributed by atoms with E-state index in [1.807, 2.05) is 0 Å². The Balaban J connectivity index is 2.00. The molecule has 0 spiro atoms. The predicted octanol–water partition coefficient (Wildman–Crippen LogP) is 4.38. The molecule has 0 unspecified atom stereocenters. The highest BCUT2D eigenvalue weighted by Crippen LogP contribution is 2.31. The summed E-state index contributed by atoms with van der Waals surface area (Å²) in [4.78, 5) is 2.57. The first-order valence-electron chi connectivity index (χ1n) is 6.44. The molecule has 2 rings (SSSR count). The minimum atomic E-state index is 0.542. The van der Waals surface area contributed by atoms with Gasteiger partial charge in [0.05, 0.1) is 0 Å². The molecule has 1 aromatic rings. The topological polar surface area (TPSA) is 3.24 Å². The third-order valence-corrected chi connectivity index (χ3v) is 4.58. The van der Waals surface area contributed by atoms with Gasteiger partial charge in [-0.25, -0.2) is 0 Å². The third-order valence-electron chi connectivity index (χ3n) is 3.80. The van der Waals surface area contributed by atoms with Crippen molar-refractivity contribution in [1.82, 2.24) is 4.90 Å².